The number of aromatic carboxylic acids is 1. The molecule has 0 bridgehead atoms. The van der Waals surface area contributed by atoms with Gasteiger partial charge in [0.25, 0.3) is 0 Å². The van der Waals surface area contributed by atoms with Crippen LogP contribution in [0.4, 0.5) is 0 Å². The fourth-order valence-electron chi connectivity index (χ4n) is 2.69. The van der Waals surface area contributed by atoms with Crippen LogP contribution in [0.3, 0.4) is 0 Å². The van der Waals surface area contributed by atoms with Crippen LogP contribution in [-0.4, -0.2) is 25.4 Å². The zero-order chi connectivity index (χ0) is 22.1. The Balaban J connectivity index is 1.73. The van der Waals surface area contributed by atoms with Crippen LogP contribution in [-0.2, 0) is 0 Å². The number of hydrogen-bond donors (Lipinski definition) is 1. The van der Waals surface area contributed by atoms with E-state index in [0.29, 0.717) is 11.3 Å². The van der Waals surface area contributed by atoms with Crippen molar-refractivity contribution in [2.75, 3.05) is 0 Å². The highest BCUT2D eigenvalue weighted by atomic mass is 28.4. The number of carboxylic acids is 1. The van der Waals surface area contributed by atoms with Crippen LogP contribution in [0.1, 0.15) is 41.5 Å². The second-order valence-electron chi connectivity index (χ2n) is 8.81. The molecule has 6 heteroatoms. The molecule has 0 unspecified atom stereocenters. The van der Waals surface area contributed by atoms with Gasteiger partial charge in [0.2, 0.25) is 8.32 Å². The van der Waals surface area contributed by atoms with E-state index in [1.54, 1.807) is 54.6 Å². The van der Waals surface area contributed by atoms with Crippen molar-refractivity contribution < 1.29 is 23.9 Å². The fourth-order valence-corrected chi connectivity index (χ4v) is 3.72. The Kier molecular flexibility index (Phi) is 5.72. The molecule has 0 atom stereocenters. The van der Waals surface area contributed by atoms with E-state index >= 15 is 0 Å². The lowest BCUT2D eigenvalue weighted by Crippen LogP contribution is -2.43. The number of rotatable bonds is 5. The number of carbonyl (C=O) groups is 2. The maximum Gasteiger partial charge on any atom is 0.343 e. The van der Waals surface area contributed by atoms with E-state index in [2.05, 4.69) is 33.9 Å². The van der Waals surface area contributed by atoms with Crippen molar-refractivity contribution in [3.05, 3.63) is 71.8 Å². The summed E-state index contributed by atoms with van der Waals surface area (Å²) < 4.78 is 11.7. The molecule has 3 aromatic carbocycles. The Hall–Kier alpha value is -3.12. The molecule has 0 aliphatic rings. The van der Waals surface area contributed by atoms with Crippen molar-refractivity contribution in [3.8, 4) is 11.5 Å². The van der Waals surface area contributed by atoms with Gasteiger partial charge in [-0.2, -0.15) is 0 Å². The number of benzene rings is 3. The highest BCUT2D eigenvalue weighted by Gasteiger charge is 2.38. The zero-order valence-electron chi connectivity index (χ0n) is 17.9. The summed E-state index contributed by atoms with van der Waals surface area (Å²) in [6.45, 7) is 10.9. The Morgan fingerprint density at radius 3 is 1.93 bits per heavy atom. The lowest BCUT2D eigenvalue weighted by Gasteiger charge is -2.36. The smallest absolute Gasteiger partial charge is 0.343 e. The van der Waals surface area contributed by atoms with Gasteiger partial charge in [0.1, 0.15) is 11.5 Å². The molecule has 0 spiro atoms. The molecular formula is C24H26O5Si. The van der Waals surface area contributed by atoms with Crippen molar-refractivity contribution in [2.24, 2.45) is 0 Å². The first kappa shape index (κ1) is 21.6. The average molecular weight is 423 g/mol. The van der Waals surface area contributed by atoms with E-state index in [-0.39, 0.29) is 10.6 Å². The molecule has 1 N–H and O–H groups in total. The summed E-state index contributed by atoms with van der Waals surface area (Å²) in [6, 6.07) is 16.9. The third-order valence-electron chi connectivity index (χ3n) is 5.54. The summed E-state index contributed by atoms with van der Waals surface area (Å²) in [6.07, 6.45) is 0. The van der Waals surface area contributed by atoms with Gasteiger partial charge in [-0.1, -0.05) is 32.9 Å². The normalized spacial score (nSPS) is 11.9. The summed E-state index contributed by atoms with van der Waals surface area (Å²) >= 11 is 0. The number of carbonyl (C=O) groups excluding carboxylic acids is 1. The SMILES string of the molecule is CC(C)(C)[Si](C)(C)Oc1ccc(C(=O)Oc2ccc3cc(C(=O)O)ccc3c2)cc1. The van der Waals surface area contributed by atoms with Crippen LogP contribution in [0.2, 0.25) is 18.1 Å². The van der Waals surface area contributed by atoms with Gasteiger partial charge >= 0.3 is 11.9 Å². The van der Waals surface area contributed by atoms with Crippen LogP contribution < -0.4 is 9.16 Å². The molecule has 0 radical (unpaired) electrons. The highest BCUT2D eigenvalue weighted by Crippen LogP contribution is 2.37. The monoisotopic (exact) mass is 422 g/mol. The molecular weight excluding hydrogens is 396 g/mol. The van der Waals surface area contributed by atoms with Crippen LogP contribution in [0.5, 0.6) is 11.5 Å². The minimum absolute atomic E-state index is 0.0892. The molecule has 0 saturated heterocycles. The molecule has 0 aliphatic carbocycles. The highest BCUT2D eigenvalue weighted by molar-refractivity contribution is 6.74. The Morgan fingerprint density at radius 2 is 1.33 bits per heavy atom. The van der Waals surface area contributed by atoms with Crippen molar-refractivity contribution in [1.82, 2.24) is 0 Å². The Labute approximate surface area is 177 Å². The number of fused-ring (bicyclic) bond motifs is 1. The summed E-state index contributed by atoms with van der Waals surface area (Å²) in [5.41, 5.74) is 0.645. The molecule has 156 valence electrons. The molecule has 0 aromatic heterocycles. The summed E-state index contributed by atoms with van der Waals surface area (Å²) in [7, 11) is -1.94. The van der Waals surface area contributed by atoms with Crippen LogP contribution >= 0.6 is 0 Å². The first-order chi connectivity index (χ1) is 14.0. The summed E-state index contributed by atoms with van der Waals surface area (Å²) in [5.74, 6) is -0.293. The first-order valence-electron chi connectivity index (χ1n) is 9.75. The van der Waals surface area contributed by atoms with Crippen molar-refractivity contribution in [3.63, 3.8) is 0 Å². The minimum Gasteiger partial charge on any atom is -0.544 e. The Morgan fingerprint density at radius 1 is 0.800 bits per heavy atom. The van der Waals surface area contributed by atoms with Gasteiger partial charge < -0.3 is 14.3 Å². The average Bonchev–Trinajstić information content (AvgIpc) is 2.66. The molecule has 0 amide bonds. The molecule has 0 heterocycles. The van der Waals surface area contributed by atoms with Gasteiger partial charge in [-0.05, 0) is 77.4 Å². The third kappa shape index (κ3) is 4.71. The maximum atomic E-state index is 12.5. The standard InChI is InChI=1S/C24H26O5Si/c1-24(2,3)30(4,5)29-20-11-8-16(9-12-20)23(27)28-21-13-10-17-14-19(22(25)26)7-6-18(17)15-21/h6-15H,1-5H3,(H,25,26). The topological polar surface area (TPSA) is 72.8 Å². The van der Waals surface area contributed by atoms with E-state index in [1.165, 1.54) is 6.07 Å². The predicted molar refractivity (Wildman–Crippen MR) is 120 cm³/mol. The van der Waals surface area contributed by atoms with Gasteiger partial charge in [0, 0.05) is 0 Å². The zero-order valence-corrected chi connectivity index (χ0v) is 18.9. The van der Waals surface area contributed by atoms with Crippen LogP contribution in [0, 0.1) is 0 Å². The largest absolute Gasteiger partial charge is 0.544 e. The Bertz CT molecular complexity index is 1090. The second-order valence-corrected chi connectivity index (χ2v) is 13.5. The fraction of sp³-hybridized carbons (Fsp3) is 0.250. The van der Waals surface area contributed by atoms with Crippen molar-refractivity contribution >= 4 is 31.0 Å². The molecule has 0 saturated carbocycles. The van der Waals surface area contributed by atoms with E-state index < -0.39 is 20.3 Å². The van der Waals surface area contributed by atoms with Gasteiger partial charge in [-0.25, -0.2) is 9.59 Å². The lowest BCUT2D eigenvalue weighted by molar-refractivity contribution is 0.0694. The predicted octanol–water partition coefficient (Wildman–Crippen LogP) is 6.14. The summed E-state index contributed by atoms with van der Waals surface area (Å²) in [4.78, 5) is 23.6. The summed E-state index contributed by atoms with van der Waals surface area (Å²) in [5, 5.41) is 10.7. The molecule has 30 heavy (non-hydrogen) atoms. The van der Waals surface area contributed by atoms with E-state index in [4.69, 9.17) is 14.3 Å². The lowest BCUT2D eigenvalue weighted by atomic mass is 10.1. The van der Waals surface area contributed by atoms with Crippen LogP contribution in [0.15, 0.2) is 60.7 Å². The van der Waals surface area contributed by atoms with Crippen LogP contribution in [0.25, 0.3) is 10.8 Å². The quantitative estimate of drug-likeness (QED) is 0.304. The molecule has 5 nitrogen and oxygen atoms in total. The van der Waals surface area contributed by atoms with E-state index in [9.17, 15) is 9.59 Å². The van der Waals surface area contributed by atoms with E-state index in [1.807, 2.05) is 0 Å². The van der Waals surface area contributed by atoms with Crippen molar-refractivity contribution in [1.29, 1.82) is 0 Å². The first-order valence-corrected chi connectivity index (χ1v) is 12.7. The maximum absolute atomic E-state index is 12.5. The second kappa shape index (κ2) is 7.95. The third-order valence-corrected chi connectivity index (χ3v) is 9.90. The minimum atomic E-state index is -1.94. The molecule has 3 rings (SSSR count). The number of hydrogen-bond acceptors (Lipinski definition) is 4. The molecule has 0 fully saturated rings. The number of carboxylic acid groups (broad SMARTS) is 1. The van der Waals surface area contributed by atoms with Crippen molar-refractivity contribution in [2.45, 2.75) is 38.9 Å². The van der Waals surface area contributed by atoms with Gasteiger partial charge in [-0.15, -0.1) is 0 Å². The number of ether oxygens (including phenoxy) is 1. The molecule has 3 aromatic rings. The molecule has 0 aliphatic heterocycles. The van der Waals surface area contributed by atoms with Gasteiger partial charge in [0.05, 0.1) is 11.1 Å². The van der Waals surface area contributed by atoms with Gasteiger partial charge in [0.15, 0.2) is 0 Å². The van der Waals surface area contributed by atoms with E-state index in [0.717, 1.165) is 16.5 Å². The van der Waals surface area contributed by atoms with Gasteiger partial charge in [-0.3, -0.25) is 0 Å². The number of esters is 1.